The lowest BCUT2D eigenvalue weighted by Crippen LogP contribution is -2.33. The van der Waals surface area contributed by atoms with Crippen molar-refractivity contribution in [2.45, 2.75) is 39.7 Å². The Morgan fingerprint density at radius 1 is 1.35 bits per heavy atom. The number of aryl methyl sites for hydroxylation is 2. The minimum absolute atomic E-state index is 0.331. The second-order valence-electron chi connectivity index (χ2n) is 5.14. The first kappa shape index (κ1) is 12.4. The van der Waals surface area contributed by atoms with Gasteiger partial charge in [-0.2, -0.15) is 0 Å². The molecule has 1 aromatic rings. The van der Waals surface area contributed by atoms with E-state index in [9.17, 15) is 0 Å². The van der Waals surface area contributed by atoms with Crippen LogP contribution in [-0.2, 0) is 11.2 Å². The maximum atomic E-state index is 5.64. The fraction of sp³-hybridized carbons (Fsp3) is 0.600. The maximum absolute atomic E-state index is 5.64. The highest BCUT2D eigenvalue weighted by atomic mass is 16.5. The lowest BCUT2D eigenvalue weighted by molar-refractivity contribution is 0.0839. The number of fused-ring (bicyclic) bond motifs is 1. The summed E-state index contributed by atoms with van der Waals surface area (Å²) in [7, 11) is 0. The molecule has 0 radical (unpaired) electrons. The molecular weight excluding hydrogens is 210 g/mol. The molecule has 0 saturated heterocycles. The van der Waals surface area contributed by atoms with Gasteiger partial charge in [0, 0.05) is 18.8 Å². The van der Waals surface area contributed by atoms with E-state index >= 15 is 0 Å². The lowest BCUT2D eigenvalue weighted by Gasteiger charge is -2.31. The number of benzene rings is 1. The van der Waals surface area contributed by atoms with Crippen molar-refractivity contribution in [2.24, 2.45) is 0 Å². The summed E-state index contributed by atoms with van der Waals surface area (Å²) in [5.74, 6) is 0. The van der Waals surface area contributed by atoms with E-state index in [1.54, 1.807) is 0 Å². The van der Waals surface area contributed by atoms with Gasteiger partial charge in [0.15, 0.2) is 0 Å². The van der Waals surface area contributed by atoms with Crippen LogP contribution in [0.1, 0.15) is 31.4 Å². The van der Waals surface area contributed by atoms with Crippen LogP contribution < -0.4 is 4.90 Å². The van der Waals surface area contributed by atoms with Crippen molar-refractivity contribution in [1.82, 2.24) is 0 Å². The Balaban J connectivity index is 2.02. The van der Waals surface area contributed by atoms with Gasteiger partial charge in [-0.25, -0.2) is 0 Å². The van der Waals surface area contributed by atoms with Crippen molar-refractivity contribution in [3.05, 3.63) is 29.3 Å². The smallest absolute Gasteiger partial charge is 0.0645 e. The molecule has 1 aliphatic heterocycles. The Morgan fingerprint density at radius 3 is 2.94 bits per heavy atom. The molecule has 2 nitrogen and oxygen atoms in total. The second-order valence-corrected chi connectivity index (χ2v) is 5.14. The van der Waals surface area contributed by atoms with E-state index in [-0.39, 0.29) is 0 Å². The van der Waals surface area contributed by atoms with Crippen LogP contribution in [0.2, 0.25) is 0 Å². The maximum Gasteiger partial charge on any atom is 0.0645 e. The molecule has 0 spiro atoms. The van der Waals surface area contributed by atoms with Gasteiger partial charge in [0.2, 0.25) is 0 Å². The van der Waals surface area contributed by atoms with Crippen molar-refractivity contribution in [1.29, 1.82) is 0 Å². The van der Waals surface area contributed by atoms with E-state index < -0.39 is 0 Å². The summed E-state index contributed by atoms with van der Waals surface area (Å²) in [5, 5.41) is 0. The SMILES string of the molecule is Cc1ccc2c(c1)CCCN2CCOC(C)C. The van der Waals surface area contributed by atoms with Crippen LogP contribution in [0.25, 0.3) is 0 Å². The number of anilines is 1. The first-order valence-electron chi connectivity index (χ1n) is 6.63. The van der Waals surface area contributed by atoms with Crippen LogP contribution in [0.15, 0.2) is 18.2 Å². The summed E-state index contributed by atoms with van der Waals surface area (Å²) in [4.78, 5) is 2.46. The largest absolute Gasteiger partial charge is 0.377 e. The van der Waals surface area contributed by atoms with Crippen molar-refractivity contribution in [3.8, 4) is 0 Å². The van der Waals surface area contributed by atoms with Gasteiger partial charge in [-0.15, -0.1) is 0 Å². The van der Waals surface area contributed by atoms with Crippen LogP contribution in [-0.4, -0.2) is 25.8 Å². The quantitative estimate of drug-likeness (QED) is 0.792. The first-order valence-corrected chi connectivity index (χ1v) is 6.63. The highest BCUT2D eigenvalue weighted by Crippen LogP contribution is 2.27. The summed E-state index contributed by atoms with van der Waals surface area (Å²) < 4.78 is 5.64. The van der Waals surface area contributed by atoms with Crippen LogP contribution in [0.5, 0.6) is 0 Å². The molecule has 0 unspecified atom stereocenters. The average molecular weight is 233 g/mol. The molecule has 0 amide bonds. The van der Waals surface area contributed by atoms with Gasteiger partial charge < -0.3 is 9.64 Å². The molecule has 1 aromatic carbocycles. The zero-order chi connectivity index (χ0) is 12.3. The molecular formula is C15H23NO. The minimum atomic E-state index is 0.331. The molecule has 0 fully saturated rings. The van der Waals surface area contributed by atoms with Crippen LogP contribution in [0.3, 0.4) is 0 Å². The van der Waals surface area contributed by atoms with Crippen molar-refractivity contribution < 1.29 is 4.74 Å². The Bertz CT molecular complexity index is 373. The van der Waals surface area contributed by atoms with Gasteiger partial charge in [-0.1, -0.05) is 17.7 Å². The Morgan fingerprint density at radius 2 is 2.18 bits per heavy atom. The van der Waals surface area contributed by atoms with Gasteiger partial charge in [-0.05, 0) is 45.2 Å². The van der Waals surface area contributed by atoms with E-state index in [2.05, 4.69) is 43.9 Å². The molecule has 94 valence electrons. The fourth-order valence-corrected chi connectivity index (χ4v) is 2.43. The second kappa shape index (κ2) is 5.54. The van der Waals surface area contributed by atoms with Gasteiger partial charge >= 0.3 is 0 Å². The van der Waals surface area contributed by atoms with Crippen LogP contribution >= 0.6 is 0 Å². The Labute approximate surface area is 105 Å². The van der Waals surface area contributed by atoms with Gasteiger partial charge in [0.05, 0.1) is 12.7 Å². The zero-order valence-corrected chi connectivity index (χ0v) is 11.2. The third-order valence-electron chi connectivity index (χ3n) is 3.26. The normalized spacial score (nSPS) is 15.2. The van der Waals surface area contributed by atoms with E-state index in [1.165, 1.54) is 29.7 Å². The average Bonchev–Trinajstić information content (AvgIpc) is 2.28. The first-order chi connectivity index (χ1) is 8.16. The molecule has 0 aliphatic carbocycles. The van der Waals surface area contributed by atoms with Gasteiger partial charge in [-0.3, -0.25) is 0 Å². The fourth-order valence-electron chi connectivity index (χ4n) is 2.43. The van der Waals surface area contributed by atoms with Crippen LogP contribution in [0, 0.1) is 6.92 Å². The summed E-state index contributed by atoms with van der Waals surface area (Å²) >= 11 is 0. The molecule has 0 saturated carbocycles. The van der Waals surface area contributed by atoms with E-state index in [4.69, 9.17) is 4.74 Å². The number of nitrogens with zero attached hydrogens (tertiary/aromatic N) is 1. The summed E-state index contributed by atoms with van der Waals surface area (Å²) in [6.07, 6.45) is 2.81. The third-order valence-corrected chi connectivity index (χ3v) is 3.26. The Hall–Kier alpha value is -1.02. The standard InChI is InChI=1S/C15H23NO/c1-12(2)17-10-9-16-8-4-5-14-11-13(3)6-7-15(14)16/h6-7,11-12H,4-5,8-10H2,1-3H3. The van der Waals surface area contributed by atoms with Crippen LogP contribution in [0.4, 0.5) is 5.69 Å². The van der Waals surface area contributed by atoms with Crippen molar-refractivity contribution in [2.75, 3.05) is 24.6 Å². The highest BCUT2D eigenvalue weighted by molar-refractivity contribution is 5.56. The molecule has 0 bridgehead atoms. The summed E-state index contributed by atoms with van der Waals surface area (Å²) in [6.45, 7) is 9.35. The number of hydrogen-bond acceptors (Lipinski definition) is 2. The third kappa shape index (κ3) is 3.22. The molecule has 0 aromatic heterocycles. The lowest BCUT2D eigenvalue weighted by atomic mass is 10.00. The van der Waals surface area contributed by atoms with Crippen molar-refractivity contribution in [3.63, 3.8) is 0 Å². The summed E-state index contributed by atoms with van der Waals surface area (Å²) in [5.41, 5.74) is 4.28. The number of rotatable bonds is 4. The minimum Gasteiger partial charge on any atom is -0.377 e. The van der Waals surface area contributed by atoms with Crippen molar-refractivity contribution >= 4 is 5.69 Å². The van der Waals surface area contributed by atoms with E-state index in [0.717, 1.165) is 19.7 Å². The molecule has 0 atom stereocenters. The molecule has 2 rings (SSSR count). The number of ether oxygens (including phenoxy) is 1. The monoisotopic (exact) mass is 233 g/mol. The molecule has 17 heavy (non-hydrogen) atoms. The molecule has 1 aliphatic rings. The predicted molar refractivity (Wildman–Crippen MR) is 72.8 cm³/mol. The summed E-state index contributed by atoms with van der Waals surface area (Å²) in [6, 6.07) is 6.80. The molecule has 1 heterocycles. The number of hydrogen-bond donors (Lipinski definition) is 0. The van der Waals surface area contributed by atoms with E-state index in [0.29, 0.717) is 6.10 Å². The van der Waals surface area contributed by atoms with E-state index in [1.807, 2.05) is 0 Å². The topological polar surface area (TPSA) is 12.5 Å². The predicted octanol–water partition coefficient (Wildman–Crippen LogP) is 3.17. The molecule has 2 heteroatoms. The van der Waals surface area contributed by atoms with Gasteiger partial charge in [0.1, 0.15) is 0 Å². The zero-order valence-electron chi connectivity index (χ0n) is 11.2. The Kier molecular flexibility index (Phi) is 4.06. The van der Waals surface area contributed by atoms with Gasteiger partial charge in [0.25, 0.3) is 0 Å². The highest BCUT2D eigenvalue weighted by Gasteiger charge is 2.16. The molecule has 0 N–H and O–H groups in total.